The number of hydrogen-bond acceptors (Lipinski definition) is 18. The Morgan fingerprint density at radius 1 is 0.383 bits per heavy atom. The fourth-order valence-electron chi connectivity index (χ4n) is 12.2. The number of aliphatic hydroxyl groups excluding tert-OH is 11. The van der Waals surface area contributed by atoms with E-state index in [2.05, 4.69) is 79.9 Å². The monoisotopic (exact) mass is 1340 g/mol. The van der Waals surface area contributed by atoms with Crippen molar-refractivity contribution in [1.82, 2.24) is 5.32 Å². The van der Waals surface area contributed by atoms with E-state index >= 15 is 0 Å². The molecule has 1 amide bonds. The summed E-state index contributed by atoms with van der Waals surface area (Å²) in [6, 6.07) is -1.000. The molecule has 0 aromatic rings. The summed E-state index contributed by atoms with van der Waals surface area (Å²) in [5, 5.41) is 121. The Kier molecular flexibility index (Phi) is 50.9. The molecule has 3 aliphatic rings. The molecule has 12 N–H and O–H groups in total. The van der Waals surface area contributed by atoms with Gasteiger partial charge in [-0.05, 0) is 83.5 Å². The number of nitrogens with one attached hydrogen (secondary N) is 1. The Bertz CT molecular complexity index is 1980. The molecular formula is C75H133NO18. The number of carbonyl (C=O) groups excluding carboxylic acids is 1. The van der Waals surface area contributed by atoms with Gasteiger partial charge in [0, 0.05) is 6.42 Å². The third-order valence-electron chi connectivity index (χ3n) is 18.2. The molecule has 0 saturated carbocycles. The molecule has 94 heavy (non-hydrogen) atoms. The first kappa shape index (κ1) is 85.5. The van der Waals surface area contributed by atoms with Crippen molar-refractivity contribution in [3.8, 4) is 0 Å². The quantitative estimate of drug-likeness (QED) is 0.0199. The molecule has 0 radical (unpaired) electrons. The summed E-state index contributed by atoms with van der Waals surface area (Å²) >= 11 is 0. The van der Waals surface area contributed by atoms with E-state index in [4.69, 9.17) is 28.4 Å². The lowest BCUT2D eigenvalue weighted by Crippen LogP contribution is -2.66. The summed E-state index contributed by atoms with van der Waals surface area (Å²) in [7, 11) is 0. The van der Waals surface area contributed by atoms with Crippen molar-refractivity contribution in [3.63, 3.8) is 0 Å². The number of aliphatic hydroxyl groups is 11. The van der Waals surface area contributed by atoms with Crippen LogP contribution in [0.2, 0.25) is 0 Å². The van der Waals surface area contributed by atoms with Crippen LogP contribution < -0.4 is 5.32 Å². The zero-order chi connectivity index (χ0) is 68.2. The Morgan fingerprint density at radius 3 is 1.14 bits per heavy atom. The van der Waals surface area contributed by atoms with Crippen molar-refractivity contribution in [2.24, 2.45) is 0 Å². The summed E-state index contributed by atoms with van der Waals surface area (Å²) in [4.78, 5) is 13.4. The molecule has 546 valence electrons. The average Bonchev–Trinajstić information content (AvgIpc) is 0.787. The summed E-state index contributed by atoms with van der Waals surface area (Å²) in [5.41, 5.74) is 0. The number of rotatable bonds is 57. The highest BCUT2D eigenvalue weighted by molar-refractivity contribution is 5.76. The van der Waals surface area contributed by atoms with E-state index in [0.717, 1.165) is 57.8 Å². The van der Waals surface area contributed by atoms with Gasteiger partial charge < -0.3 is 89.9 Å². The Balaban J connectivity index is 1.40. The average molecular weight is 1340 g/mol. The molecule has 17 atom stereocenters. The second-order valence-corrected chi connectivity index (χ2v) is 26.4. The zero-order valence-electron chi connectivity index (χ0n) is 57.9. The molecule has 19 heteroatoms. The van der Waals surface area contributed by atoms with Crippen molar-refractivity contribution in [3.05, 3.63) is 72.9 Å². The number of amides is 1. The largest absolute Gasteiger partial charge is 0.394 e. The fraction of sp³-hybridized carbons (Fsp3) is 0.827. The van der Waals surface area contributed by atoms with E-state index in [1.807, 2.05) is 6.08 Å². The minimum absolute atomic E-state index is 0.230. The summed E-state index contributed by atoms with van der Waals surface area (Å²) in [6.07, 6.45) is 44.6. The first-order valence-electron chi connectivity index (χ1n) is 37.2. The Hall–Kier alpha value is -2.77. The molecule has 0 aliphatic carbocycles. The van der Waals surface area contributed by atoms with Crippen LogP contribution >= 0.6 is 0 Å². The second kappa shape index (κ2) is 56.0. The van der Waals surface area contributed by atoms with E-state index in [1.54, 1.807) is 6.08 Å². The van der Waals surface area contributed by atoms with Crippen LogP contribution in [0.25, 0.3) is 0 Å². The van der Waals surface area contributed by atoms with Gasteiger partial charge in [0.25, 0.3) is 0 Å². The second-order valence-electron chi connectivity index (χ2n) is 26.4. The maximum absolute atomic E-state index is 13.4. The summed E-state index contributed by atoms with van der Waals surface area (Å²) < 4.78 is 34.4. The third-order valence-corrected chi connectivity index (χ3v) is 18.2. The highest BCUT2D eigenvalue weighted by Crippen LogP contribution is 2.33. The van der Waals surface area contributed by atoms with Gasteiger partial charge in [-0.2, -0.15) is 0 Å². The molecule has 3 fully saturated rings. The minimum Gasteiger partial charge on any atom is -0.394 e. The lowest BCUT2D eigenvalue weighted by atomic mass is 9.96. The van der Waals surface area contributed by atoms with Crippen molar-refractivity contribution >= 4 is 5.91 Å². The molecule has 17 unspecified atom stereocenters. The smallest absolute Gasteiger partial charge is 0.220 e. The molecular weight excluding hydrogens is 1200 g/mol. The van der Waals surface area contributed by atoms with Crippen LogP contribution in [0.5, 0.6) is 0 Å². The number of allylic oxidation sites excluding steroid dienone is 11. The van der Waals surface area contributed by atoms with Crippen LogP contribution in [0.15, 0.2) is 72.9 Å². The van der Waals surface area contributed by atoms with Gasteiger partial charge in [-0.25, -0.2) is 0 Å². The van der Waals surface area contributed by atoms with E-state index in [0.29, 0.717) is 12.8 Å². The van der Waals surface area contributed by atoms with Gasteiger partial charge in [-0.1, -0.05) is 247 Å². The van der Waals surface area contributed by atoms with Gasteiger partial charge >= 0.3 is 0 Å². The summed E-state index contributed by atoms with van der Waals surface area (Å²) in [5.74, 6) is -0.290. The highest BCUT2D eigenvalue weighted by atomic mass is 16.8. The SMILES string of the molecule is CCCCCCC/C=C\C/C=C\C/C=C\CCCCCCCCCCCCCCCCCCC(=O)NC(COC1OC(CO)C(OC2OC(CO)C(OC3OC(CO)C(O)C(O)C3O)C(O)C2O)C(O)C1O)C(O)/C=C/CC/C=C/CC/C=C/CCCCCCCCCC. The zero-order valence-corrected chi connectivity index (χ0v) is 57.9. The van der Waals surface area contributed by atoms with Gasteiger partial charge in [-0.15, -0.1) is 0 Å². The molecule has 19 nitrogen and oxygen atoms in total. The molecule has 3 heterocycles. The first-order chi connectivity index (χ1) is 45.8. The predicted octanol–water partition coefficient (Wildman–Crippen LogP) is 10.9. The van der Waals surface area contributed by atoms with Crippen LogP contribution in [-0.4, -0.2) is 193 Å². The number of hydrogen-bond donors (Lipinski definition) is 12. The highest BCUT2D eigenvalue weighted by Gasteiger charge is 2.53. The van der Waals surface area contributed by atoms with Crippen LogP contribution in [0.4, 0.5) is 0 Å². The molecule has 0 aromatic heterocycles. The first-order valence-corrected chi connectivity index (χ1v) is 37.2. The molecule has 0 bridgehead atoms. The lowest BCUT2D eigenvalue weighted by Gasteiger charge is -2.48. The van der Waals surface area contributed by atoms with Crippen LogP contribution in [0.1, 0.15) is 264 Å². The lowest BCUT2D eigenvalue weighted by molar-refractivity contribution is -0.379. The number of ether oxygens (including phenoxy) is 6. The number of unbranched alkanes of at least 4 members (excludes halogenated alkanes) is 31. The maximum Gasteiger partial charge on any atom is 0.220 e. The predicted molar refractivity (Wildman–Crippen MR) is 369 cm³/mol. The van der Waals surface area contributed by atoms with E-state index in [-0.39, 0.29) is 18.9 Å². The topological polar surface area (TPSA) is 307 Å². The van der Waals surface area contributed by atoms with E-state index < -0.39 is 124 Å². The maximum atomic E-state index is 13.4. The van der Waals surface area contributed by atoms with Crippen LogP contribution in [0, 0.1) is 0 Å². The van der Waals surface area contributed by atoms with Crippen LogP contribution in [-0.2, 0) is 33.2 Å². The van der Waals surface area contributed by atoms with Crippen molar-refractivity contribution in [2.45, 2.75) is 369 Å². The normalized spacial score (nSPS) is 27.8. The summed E-state index contributed by atoms with van der Waals surface area (Å²) in [6.45, 7) is 1.70. The van der Waals surface area contributed by atoms with Gasteiger partial charge in [0.2, 0.25) is 5.91 Å². The van der Waals surface area contributed by atoms with Gasteiger partial charge in [0.1, 0.15) is 73.2 Å². The van der Waals surface area contributed by atoms with E-state index in [1.165, 1.54) is 173 Å². The molecule has 0 aromatic carbocycles. The third kappa shape index (κ3) is 36.9. The Morgan fingerprint density at radius 2 is 0.713 bits per heavy atom. The van der Waals surface area contributed by atoms with Crippen LogP contribution in [0.3, 0.4) is 0 Å². The molecule has 0 spiro atoms. The standard InChI is InChI=1S/C75H133NO18/c1-3-5-7-9-11-13-15-17-19-21-23-24-25-26-27-28-29-30-31-32-33-34-35-37-39-41-43-45-47-49-51-53-63(81)76-58(59(80)52-50-48-46-44-42-40-38-36-22-20-18-16-14-12-10-8-6-4-2)57-89-73-69(87)66(84)71(61(55-78)91-73)94-75-70(88)67(85)72(62(56-79)92-75)93-74-68(86)65(83)64(82)60(54-77)90-74/h15,17,21-23,25-26,36,42,44,50,52,58-62,64-75,77-80,82-88H,3-14,16,18-20,24,27-35,37-41,43,45-49,51,53-57H2,1-2H3,(H,76,81)/b17-15-,23-21-,26-25-,36-22+,44-42+,52-50+. The fourth-order valence-corrected chi connectivity index (χ4v) is 12.2. The van der Waals surface area contributed by atoms with Gasteiger partial charge in [0.15, 0.2) is 18.9 Å². The van der Waals surface area contributed by atoms with Gasteiger partial charge in [-0.3, -0.25) is 4.79 Å². The van der Waals surface area contributed by atoms with Gasteiger partial charge in [0.05, 0.1) is 38.6 Å². The van der Waals surface area contributed by atoms with Crippen molar-refractivity contribution in [1.29, 1.82) is 0 Å². The molecule has 3 rings (SSSR count). The molecule has 3 saturated heterocycles. The van der Waals surface area contributed by atoms with Crippen molar-refractivity contribution in [2.75, 3.05) is 26.4 Å². The Labute approximate surface area is 566 Å². The minimum atomic E-state index is -1.98. The molecule has 3 aliphatic heterocycles. The van der Waals surface area contributed by atoms with Crippen molar-refractivity contribution < 1.29 is 89.4 Å². The van der Waals surface area contributed by atoms with E-state index in [9.17, 15) is 61.0 Å². The number of carbonyl (C=O) groups is 1.